The van der Waals surface area contributed by atoms with Gasteiger partial charge in [-0.15, -0.1) is 0 Å². The number of anilines is 2. The normalized spacial score (nSPS) is 20.6. The molecule has 0 bridgehead atoms. The summed E-state index contributed by atoms with van der Waals surface area (Å²) in [5.74, 6) is -0.0791. The number of nitrogen functional groups attached to an aromatic ring is 1. The van der Waals surface area contributed by atoms with Crippen LogP contribution in [0.1, 0.15) is 12.0 Å². The van der Waals surface area contributed by atoms with E-state index in [0.29, 0.717) is 17.9 Å². The first-order valence-corrected chi connectivity index (χ1v) is 5.82. The highest BCUT2D eigenvalue weighted by molar-refractivity contribution is 9.10. The van der Waals surface area contributed by atoms with Crippen LogP contribution in [0.3, 0.4) is 0 Å². The lowest BCUT2D eigenvalue weighted by atomic mass is 10.1. The van der Waals surface area contributed by atoms with E-state index in [1.807, 2.05) is 13.0 Å². The predicted octanol–water partition coefficient (Wildman–Crippen LogP) is 1.44. The van der Waals surface area contributed by atoms with Crippen molar-refractivity contribution in [2.75, 3.05) is 17.2 Å². The van der Waals surface area contributed by atoms with Crippen LogP contribution in [-0.2, 0) is 4.79 Å². The number of β-amino-alcohol motifs (C(OH)–C–C–N with tert-alkyl or cyclic N) is 1. The minimum Gasteiger partial charge on any atom is -0.397 e. The summed E-state index contributed by atoms with van der Waals surface area (Å²) in [4.78, 5) is 13.2. The van der Waals surface area contributed by atoms with Crippen molar-refractivity contribution in [2.45, 2.75) is 19.4 Å². The fraction of sp³-hybridized carbons (Fsp3) is 0.364. The van der Waals surface area contributed by atoms with Gasteiger partial charge < -0.3 is 15.7 Å². The summed E-state index contributed by atoms with van der Waals surface area (Å²) in [5, 5.41) is 9.46. The van der Waals surface area contributed by atoms with Crippen LogP contribution >= 0.6 is 15.9 Å². The Bertz CT molecular complexity index is 425. The molecule has 0 spiro atoms. The number of hydrogen-bond acceptors (Lipinski definition) is 3. The molecule has 1 atom stereocenters. The maximum absolute atomic E-state index is 11.7. The number of hydrogen-bond donors (Lipinski definition) is 2. The maximum Gasteiger partial charge on any atom is 0.229 e. The van der Waals surface area contributed by atoms with Crippen LogP contribution in [-0.4, -0.2) is 23.7 Å². The highest BCUT2D eigenvalue weighted by Crippen LogP contribution is 2.33. The first kappa shape index (κ1) is 11.4. The van der Waals surface area contributed by atoms with E-state index in [1.54, 1.807) is 11.0 Å². The Morgan fingerprint density at radius 3 is 2.75 bits per heavy atom. The molecule has 0 aliphatic carbocycles. The molecule has 0 aromatic heterocycles. The third kappa shape index (κ3) is 1.92. The first-order chi connectivity index (χ1) is 7.49. The lowest BCUT2D eigenvalue weighted by molar-refractivity contribution is -0.117. The smallest absolute Gasteiger partial charge is 0.229 e. The zero-order valence-corrected chi connectivity index (χ0v) is 10.5. The van der Waals surface area contributed by atoms with Crippen molar-refractivity contribution >= 4 is 33.2 Å². The molecule has 4 nitrogen and oxygen atoms in total. The second kappa shape index (κ2) is 4.07. The Labute approximate surface area is 102 Å². The molecule has 1 saturated heterocycles. The Morgan fingerprint density at radius 1 is 1.56 bits per heavy atom. The number of carbonyl (C=O) groups is 1. The molecular weight excluding hydrogens is 272 g/mol. The van der Waals surface area contributed by atoms with Crippen molar-refractivity contribution in [3.8, 4) is 0 Å². The predicted molar refractivity (Wildman–Crippen MR) is 66.3 cm³/mol. The largest absolute Gasteiger partial charge is 0.397 e. The van der Waals surface area contributed by atoms with E-state index in [0.717, 1.165) is 10.0 Å². The molecule has 1 aliphatic rings. The Kier molecular flexibility index (Phi) is 2.90. The van der Waals surface area contributed by atoms with E-state index >= 15 is 0 Å². The lowest BCUT2D eigenvalue weighted by Gasteiger charge is -2.20. The molecule has 1 aliphatic heterocycles. The van der Waals surface area contributed by atoms with E-state index in [2.05, 4.69) is 15.9 Å². The monoisotopic (exact) mass is 284 g/mol. The van der Waals surface area contributed by atoms with Crippen LogP contribution in [0.4, 0.5) is 11.4 Å². The number of benzene rings is 1. The molecule has 1 amide bonds. The van der Waals surface area contributed by atoms with Gasteiger partial charge in [-0.3, -0.25) is 4.79 Å². The number of aliphatic hydroxyl groups excluding tert-OH is 1. The third-order valence-electron chi connectivity index (χ3n) is 2.67. The van der Waals surface area contributed by atoms with E-state index in [1.165, 1.54) is 0 Å². The van der Waals surface area contributed by atoms with E-state index in [9.17, 15) is 9.90 Å². The highest BCUT2D eigenvalue weighted by atomic mass is 79.9. The van der Waals surface area contributed by atoms with Gasteiger partial charge in [-0.2, -0.15) is 0 Å². The topological polar surface area (TPSA) is 66.6 Å². The Hall–Kier alpha value is -1.07. The van der Waals surface area contributed by atoms with Gasteiger partial charge in [0.15, 0.2) is 0 Å². The molecule has 3 N–H and O–H groups in total. The average molecular weight is 285 g/mol. The Balaban J connectivity index is 2.44. The van der Waals surface area contributed by atoms with Gasteiger partial charge in [0.25, 0.3) is 0 Å². The molecule has 0 radical (unpaired) electrons. The van der Waals surface area contributed by atoms with Gasteiger partial charge in [0.05, 0.1) is 30.4 Å². The molecule has 1 fully saturated rings. The summed E-state index contributed by atoms with van der Waals surface area (Å²) in [6.07, 6.45) is -0.412. The molecule has 16 heavy (non-hydrogen) atoms. The number of aryl methyl sites for hydroxylation is 1. The quantitative estimate of drug-likeness (QED) is 0.767. The molecule has 1 unspecified atom stereocenters. The molecule has 1 heterocycles. The maximum atomic E-state index is 11.7. The van der Waals surface area contributed by atoms with Crippen LogP contribution < -0.4 is 10.6 Å². The summed E-state index contributed by atoms with van der Waals surface area (Å²) in [6.45, 7) is 2.22. The van der Waals surface area contributed by atoms with Gasteiger partial charge in [0, 0.05) is 4.47 Å². The second-order valence-corrected chi connectivity index (χ2v) is 4.94. The Morgan fingerprint density at radius 2 is 2.25 bits per heavy atom. The SMILES string of the molecule is Cc1cc(Br)cc(N)c1N1CC(O)CC1=O. The van der Waals surface area contributed by atoms with Gasteiger partial charge in [0.2, 0.25) is 5.91 Å². The fourth-order valence-corrected chi connectivity index (χ4v) is 2.63. The van der Waals surface area contributed by atoms with Crippen LogP contribution in [0.2, 0.25) is 0 Å². The van der Waals surface area contributed by atoms with Crippen molar-refractivity contribution in [1.82, 2.24) is 0 Å². The van der Waals surface area contributed by atoms with Crippen molar-refractivity contribution < 1.29 is 9.90 Å². The van der Waals surface area contributed by atoms with Crippen LogP contribution in [0.25, 0.3) is 0 Å². The molecule has 86 valence electrons. The summed E-state index contributed by atoms with van der Waals surface area (Å²) in [7, 11) is 0. The van der Waals surface area contributed by atoms with Crippen molar-refractivity contribution in [3.63, 3.8) is 0 Å². The molecule has 1 aromatic carbocycles. The second-order valence-electron chi connectivity index (χ2n) is 4.02. The molecule has 2 rings (SSSR count). The average Bonchev–Trinajstić information content (AvgIpc) is 2.43. The minimum absolute atomic E-state index is 0.0791. The van der Waals surface area contributed by atoms with Gasteiger partial charge in [0.1, 0.15) is 0 Å². The summed E-state index contributed by atoms with van der Waals surface area (Å²) >= 11 is 3.35. The number of nitrogens with zero attached hydrogens (tertiary/aromatic N) is 1. The first-order valence-electron chi connectivity index (χ1n) is 5.03. The summed E-state index contributed by atoms with van der Waals surface area (Å²) in [6, 6.07) is 3.67. The molecule has 1 aromatic rings. The van der Waals surface area contributed by atoms with Gasteiger partial charge in [-0.25, -0.2) is 0 Å². The fourth-order valence-electron chi connectivity index (χ4n) is 2.04. The van der Waals surface area contributed by atoms with Crippen LogP contribution in [0, 0.1) is 6.92 Å². The standard InChI is InChI=1S/C11H13BrN2O2/c1-6-2-7(12)3-9(13)11(6)14-5-8(15)4-10(14)16/h2-3,8,15H,4-5,13H2,1H3. The van der Waals surface area contributed by atoms with E-state index < -0.39 is 6.10 Å². The highest BCUT2D eigenvalue weighted by Gasteiger charge is 2.31. The third-order valence-corrected chi connectivity index (χ3v) is 3.13. The van der Waals surface area contributed by atoms with Crippen LogP contribution in [0.15, 0.2) is 16.6 Å². The minimum atomic E-state index is -0.588. The summed E-state index contributed by atoms with van der Waals surface area (Å²) < 4.78 is 0.887. The number of carbonyl (C=O) groups excluding carboxylic acids is 1. The van der Waals surface area contributed by atoms with Crippen LogP contribution in [0.5, 0.6) is 0 Å². The molecule has 0 saturated carbocycles. The van der Waals surface area contributed by atoms with E-state index in [4.69, 9.17) is 5.73 Å². The van der Waals surface area contributed by atoms with Crippen molar-refractivity contribution in [1.29, 1.82) is 0 Å². The number of nitrogens with two attached hydrogens (primary N) is 1. The molecule has 5 heteroatoms. The van der Waals surface area contributed by atoms with Gasteiger partial charge in [-0.1, -0.05) is 15.9 Å². The molecular formula is C11H13BrN2O2. The number of halogens is 1. The zero-order valence-electron chi connectivity index (χ0n) is 8.90. The number of rotatable bonds is 1. The number of aliphatic hydroxyl groups is 1. The zero-order chi connectivity index (χ0) is 11.9. The number of amides is 1. The van der Waals surface area contributed by atoms with Gasteiger partial charge >= 0.3 is 0 Å². The summed E-state index contributed by atoms with van der Waals surface area (Å²) in [5.41, 5.74) is 8.09. The van der Waals surface area contributed by atoms with E-state index in [-0.39, 0.29) is 12.3 Å². The van der Waals surface area contributed by atoms with Crippen molar-refractivity contribution in [2.24, 2.45) is 0 Å². The van der Waals surface area contributed by atoms with Gasteiger partial charge in [-0.05, 0) is 24.6 Å². The lowest BCUT2D eigenvalue weighted by Crippen LogP contribution is -2.27. The van der Waals surface area contributed by atoms with Crippen molar-refractivity contribution in [3.05, 3.63) is 22.2 Å².